The van der Waals surface area contributed by atoms with Crippen molar-refractivity contribution in [3.05, 3.63) is 95.7 Å². The number of rotatable bonds is 2. The summed E-state index contributed by atoms with van der Waals surface area (Å²) in [4.78, 5) is 10.0. The third-order valence-corrected chi connectivity index (χ3v) is 6.14. The minimum Gasteiger partial charge on any atom is -0.255 e. The van der Waals surface area contributed by atoms with Crippen molar-refractivity contribution in [2.75, 3.05) is 0 Å². The first-order chi connectivity index (χ1) is 14.1. The number of aromatic nitrogens is 1. The Hall–Kier alpha value is -3.26. The molecule has 0 aliphatic carbocycles. The van der Waals surface area contributed by atoms with E-state index in [1.54, 1.807) is 0 Å². The molecule has 0 fully saturated rings. The number of hydrogen-bond donors (Lipinski definition) is 0. The summed E-state index contributed by atoms with van der Waals surface area (Å²) in [7, 11) is 0. The highest BCUT2D eigenvalue weighted by atomic mass is 14.8. The van der Waals surface area contributed by atoms with Gasteiger partial charge in [-0.15, -0.1) is 0 Å². The number of hydrogen-bond acceptors (Lipinski definition) is 2. The lowest BCUT2D eigenvalue weighted by Gasteiger charge is -2.31. The zero-order valence-corrected chi connectivity index (χ0v) is 17.1. The van der Waals surface area contributed by atoms with Gasteiger partial charge in [-0.25, -0.2) is 0 Å². The molecule has 1 aromatic heterocycles. The molecule has 4 aromatic rings. The first-order valence-corrected chi connectivity index (χ1v) is 10.2. The second kappa shape index (κ2) is 6.97. The summed E-state index contributed by atoms with van der Waals surface area (Å²) >= 11 is 0. The van der Waals surface area contributed by atoms with Gasteiger partial charge in [0, 0.05) is 28.6 Å². The maximum Gasteiger partial charge on any atom is 0.0970 e. The standard InChI is InChI=1S/C27H24N2/c1-17-16-24(20-10-6-4-7-11-20)22-14-15-23-25(21-12-8-5-9-13-21)18(2)19(3)29-27(23)26(22)28-17/h4-16,18,25H,1-3H3. The molecular weight excluding hydrogens is 352 g/mol. The van der Waals surface area contributed by atoms with Crippen LogP contribution < -0.4 is 0 Å². The Kier molecular flexibility index (Phi) is 4.28. The van der Waals surface area contributed by atoms with Crippen molar-refractivity contribution in [2.24, 2.45) is 10.9 Å². The fraction of sp³-hybridized carbons (Fsp3) is 0.185. The van der Waals surface area contributed by atoms with Gasteiger partial charge >= 0.3 is 0 Å². The van der Waals surface area contributed by atoms with E-state index in [0.29, 0.717) is 11.8 Å². The molecule has 2 unspecified atom stereocenters. The van der Waals surface area contributed by atoms with Crippen LogP contribution in [-0.4, -0.2) is 10.7 Å². The van der Waals surface area contributed by atoms with Gasteiger partial charge in [0.2, 0.25) is 0 Å². The molecule has 29 heavy (non-hydrogen) atoms. The third-order valence-electron chi connectivity index (χ3n) is 6.14. The maximum absolute atomic E-state index is 5.06. The fourth-order valence-electron chi connectivity index (χ4n) is 4.56. The minimum atomic E-state index is 0.301. The van der Waals surface area contributed by atoms with E-state index in [4.69, 9.17) is 9.98 Å². The Labute approximate surface area is 172 Å². The van der Waals surface area contributed by atoms with Crippen LogP contribution in [0.3, 0.4) is 0 Å². The average Bonchev–Trinajstić information content (AvgIpc) is 2.75. The SMILES string of the molecule is CC1=Nc2c(ccc3c(-c4ccccc4)cc(C)nc23)C(c2ccccc2)C1C. The fourth-order valence-corrected chi connectivity index (χ4v) is 4.56. The van der Waals surface area contributed by atoms with E-state index in [0.717, 1.165) is 16.9 Å². The molecule has 5 rings (SSSR count). The Balaban J connectivity index is 1.81. The summed E-state index contributed by atoms with van der Waals surface area (Å²) in [6, 6.07) is 28.0. The average molecular weight is 377 g/mol. The smallest absolute Gasteiger partial charge is 0.0970 e. The predicted molar refractivity (Wildman–Crippen MR) is 122 cm³/mol. The van der Waals surface area contributed by atoms with Crippen molar-refractivity contribution in [1.29, 1.82) is 0 Å². The van der Waals surface area contributed by atoms with Crippen molar-refractivity contribution in [3.63, 3.8) is 0 Å². The highest BCUT2D eigenvalue weighted by Gasteiger charge is 2.31. The summed E-state index contributed by atoms with van der Waals surface area (Å²) in [5.74, 6) is 0.663. The maximum atomic E-state index is 5.06. The van der Waals surface area contributed by atoms with Crippen LogP contribution in [0.1, 0.15) is 36.6 Å². The van der Waals surface area contributed by atoms with Crippen molar-refractivity contribution in [1.82, 2.24) is 4.98 Å². The topological polar surface area (TPSA) is 25.2 Å². The molecule has 142 valence electrons. The number of benzene rings is 3. The van der Waals surface area contributed by atoms with Gasteiger partial charge in [0.05, 0.1) is 11.2 Å². The van der Waals surface area contributed by atoms with E-state index in [2.05, 4.69) is 99.6 Å². The van der Waals surface area contributed by atoms with E-state index in [-0.39, 0.29) is 0 Å². The third kappa shape index (κ3) is 2.96. The Bertz CT molecular complexity index is 1220. The van der Waals surface area contributed by atoms with Gasteiger partial charge in [0.1, 0.15) is 0 Å². The molecule has 0 saturated heterocycles. The molecule has 1 aliphatic rings. The molecule has 0 bridgehead atoms. The van der Waals surface area contributed by atoms with Crippen molar-refractivity contribution in [2.45, 2.75) is 26.7 Å². The van der Waals surface area contributed by atoms with E-state index >= 15 is 0 Å². The second-order valence-electron chi connectivity index (χ2n) is 8.01. The minimum absolute atomic E-state index is 0.301. The molecule has 0 saturated carbocycles. The number of aryl methyl sites for hydroxylation is 1. The molecule has 2 heterocycles. The lowest BCUT2D eigenvalue weighted by molar-refractivity contribution is 0.647. The number of fused-ring (bicyclic) bond motifs is 3. The van der Waals surface area contributed by atoms with Crippen LogP contribution in [0.5, 0.6) is 0 Å². The Morgan fingerprint density at radius 3 is 2.21 bits per heavy atom. The van der Waals surface area contributed by atoms with E-state index < -0.39 is 0 Å². The molecule has 0 spiro atoms. The van der Waals surface area contributed by atoms with Gasteiger partial charge in [-0.1, -0.05) is 79.7 Å². The Morgan fingerprint density at radius 2 is 1.48 bits per heavy atom. The van der Waals surface area contributed by atoms with E-state index in [9.17, 15) is 0 Å². The van der Waals surface area contributed by atoms with Gasteiger partial charge in [-0.05, 0) is 42.2 Å². The van der Waals surface area contributed by atoms with Gasteiger partial charge < -0.3 is 0 Å². The highest BCUT2D eigenvalue weighted by molar-refractivity contribution is 6.04. The van der Waals surface area contributed by atoms with Crippen LogP contribution in [-0.2, 0) is 0 Å². The van der Waals surface area contributed by atoms with Crippen LogP contribution in [0.15, 0.2) is 83.9 Å². The monoisotopic (exact) mass is 376 g/mol. The van der Waals surface area contributed by atoms with Crippen LogP contribution >= 0.6 is 0 Å². The summed E-state index contributed by atoms with van der Waals surface area (Å²) in [5, 5.41) is 1.17. The van der Waals surface area contributed by atoms with Crippen LogP contribution in [0.25, 0.3) is 22.0 Å². The molecule has 0 N–H and O–H groups in total. The summed E-state index contributed by atoms with van der Waals surface area (Å²) in [6.45, 7) is 6.50. The number of pyridine rings is 1. The molecule has 2 heteroatoms. The van der Waals surface area contributed by atoms with Crippen molar-refractivity contribution in [3.8, 4) is 11.1 Å². The predicted octanol–water partition coefficient (Wildman–Crippen LogP) is 7.08. The molecular formula is C27H24N2. The molecule has 2 atom stereocenters. The van der Waals surface area contributed by atoms with E-state index in [1.807, 2.05) is 0 Å². The number of aliphatic imine (C=N–C) groups is 1. The lowest BCUT2D eigenvalue weighted by atomic mass is 9.76. The first kappa shape index (κ1) is 17.8. The normalized spacial score (nSPS) is 18.4. The summed E-state index contributed by atoms with van der Waals surface area (Å²) in [6.07, 6.45) is 0. The van der Waals surface area contributed by atoms with Crippen molar-refractivity contribution >= 4 is 22.3 Å². The highest BCUT2D eigenvalue weighted by Crippen LogP contribution is 2.46. The molecule has 2 nitrogen and oxygen atoms in total. The lowest BCUT2D eigenvalue weighted by Crippen LogP contribution is -2.22. The second-order valence-corrected chi connectivity index (χ2v) is 8.01. The molecule has 0 amide bonds. The summed E-state index contributed by atoms with van der Waals surface area (Å²) in [5.41, 5.74) is 9.29. The van der Waals surface area contributed by atoms with E-state index in [1.165, 1.54) is 33.4 Å². The molecule has 3 aromatic carbocycles. The van der Waals surface area contributed by atoms with Crippen LogP contribution in [0.4, 0.5) is 5.69 Å². The quantitative estimate of drug-likeness (QED) is 0.367. The van der Waals surface area contributed by atoms with Crippen molar-refractivity contribution < 1.29 is 0 Å². The van der Waals surface area contributed by atoms with Gasteiger partial charge in [-0.2, -0.15) is 0 Å². The zero-order valence-electron chi connectivity index (χ0n) is 17.1. The first-order valence-electron chi connectivity index (χ1n) is 10.2. The van der Waals surface area contributed by atoms with Gasteiger partial charge in [-0.3, -0.25) is 9.98 Å². The van der Waals surface area contributed by atoms with Gasteiger partial charge in [0.25, 0.3) is 0 Å². The largest absolute Gasteiger partial charge is 0.255 e. The Morgan fingerprint density at radius 1 is 0.793 bits per heavy atom. The van der Waals surface area contributed by atoms with Crippen LogP contribution in [0.2, 0.25) is 0 Å². The number of nitrogens with zero attached hydrogens (tertiary/aromatic N) is 2. The molecule has 1 aliphatic heterocycles. The molecule has 0 radical (unpaired) electrons. The zero-order chi connectivity index (χ0) is 20.0. The summed E-state index contributed by atoms with van der Waals surface area (Å²) < 4.78 is 0. The van der Waals surface area contributed by atoms with Crippen LogP contribution in [0, 0.1) is 12.8 Å². The van der Waals surface area contributed by atoms with Gasteiger partial charge in [0.15, 0.2) is 0 Å².